The summed E-state index contributed by atoms with van der Waals surface area (Å²) in [6.07, 6.45) is 6.24. The highest BCUT2D eigenvalue weighted by molar-refractivity contribution is 5.92. The van der Waals surface area contributed by atoms with Gasteiger partial charge in [-0.25, -0.2) is 9.38 Å². The quantitative estimate of drug-likeness (QED) is 0.562. The zero-order valence-electron chi connectivity index (χ0n) is 15.3. The number of fused-ring (bicyclic) bond motifs is 3. The second kappa shape index (κ2) is 6.99. The molecule has 5 heteroatoms. The van der Waals surface area contributed by atoms with E-state index in [1.54, 1.807) is 0 Å². The van der Waals surface area contributed by atoms with Crippen LogP contribution in [0, 0.1) is 0 Å². The Kier molecular flexibility index (Phi) is 4.20. The molecular weight excluding hydrogens is 334 g/mol. The van der Waals surface area contributed by atoms with E-state index in [1.807, 2.05) is 24.3 Å². The molecule has 2 heterocycles. The van der Waals surface area contributed by atoms with Gasteiger partial charge < -0.3 is 5.32 Å². The molecule has 1 aliphatic carbocycles. The summed E-state index contributed by atoms with van der Waals surface area (Å²) in [5.74, 6) is 2.35. The van der Waals surface area contributed by atoms with Crippen molar-refractivity contribution in [2.45, 2.75) is 44.6 Å². The van der Waals surface area contributed by atoms with Gasteiger partial charge in [0.15, 0.2) is 5.65 Å². The lowest BCUT2D eigenvalue weighted by molar-refractivity contribution is 0.426. The van der Waals surface area contributed by atoms with E-state index in [4.69, 9.17) is 4.98 Å². The van der Waals surface area contributed by atoms with Gasteiger partial charge in [-0.1, -0.05) is 61.7 Å². The summed E-state index contributed by atoms with van der Waals surface area (Å²) in [7, 11) is 0. The molecule has 0 aliphatic heterocycles. The molecule has 0 bridgehead atoms. The van der Waals surface area contributed by atoms with Crippen LogP contribution < -0.4 is 5.32 Å². The third-order valence-electron chi connectivity index (χ3n) is 5.53. The Hall–Kier alpha value is -2.95. The minimum absolute atomic E-state index is 0.467. The number of hydrogen-bond donors (Lipinski definition) is 1. The summed E-state index contributed by atoms with van der Waals surface area (Å²) >= 11 is 0. The molecule has 1 N–H and O–H groups in total. The van der Waals surface area contributed by atoms with Crippen molar-refractivity contribution in [2.24, 2.45) is 0 Å². The van der Waals surface area contributed by atoms with E-state index < -0.39 is 0 Å². The van der Waals surface area contributed by atoms with Crippen molar-refractivity contribution in [1.29, 1.82) is 0 Å². The van der Waals surface area contributed by atoms with Crippen molar-refractivity contribution in [3.8, 4) is 0 Å². The summed E-state index contributed by atoms with van der Waals surface area (Å²) < 4.78 is 2.15. The molecule has 0 spiro atoms. The maximum Gasteiger partial charge on any atom is 0.211 e. The maximum atomic E-state index is 4.92. The second-order valence-electron chi connectivity index (χ2n) is 7.34. The summed E-state index contributed by atoms with van der Waals surface area (Å²) in [5, 5.41) is 13.8. The molecule has 1 fully saturated rings. The van der Waals surface area contributed by atoms with E-state index in [9.17, 15) is 0 Å². The van der Waals surface area contributed by atoms with Gasteiger partial charge in [0.05, 0.1) is 5.52 Å². The largest absolute Gasteiger partial charge is 0.351 e. The molecule has 5 nitrogen and oxygen atoms in total. The Balaban J connectivity index is 1.62. The van der Waals surface area contributed by atoms with Crippen molar-refractivity contribution in [3.05, 3.63) is 66.0 Å². The van der Waals surface area contributed by atoms with Gasteiger partial charge in [-0.2, -0.15) is 0 Å². The molecule has 2 aromatic heterocycles. The fourth-order valence-corrected chi connectivity index (χ4v) is 4.12. The first-order valence-corrected chi connectivity index (χ1v) is 9.82. The Bertz CT molecular complexity index is 1060. The van der Waals surface area contributed by atoms with Crippen LogP contribution in [-0.4, -0.2) is 19.6 Å². The molecule has 0 radical (unpaired) electrons. The van der Waals surface area contributed by atoms with Crippen LogP contribution in [0.4, 0.5) is 5.95 Å². The zero-order chi connectivity index (χ0) is 18.1. The Morgan fingerprint density at radius 3 is 2.52 bits per heavy atom. The third kappa shape index (κ3) is 3.03. The fraction of sp³-hybridized carbons (Fsp3) is 0.318. The molecule has 1 saturated carbocycles. The summed E-state index contributed by atoms with van der Waals surface area (Å²) in [4.78, 5) is 4.92. The normalized spacial score (nSPS) is 15.4. The van der Waals surface area contributed by atoms with Gasteiger partial charge in [0, 0.05) is 17.8 Å². The van der Waals surface area contributed by atoms with Gasteiger partial charge in [-0.05, 0) is 30.5 Å². The van der Waals surface area contributed by atoms with Crippen molar-refractivity contribution in [3.63, 3.8) is 0 Å². The highest BCUT2D eigenvalue weighted by Crippen LogP contribution is 2.34. The van der Waals surface area contributed by atoms with E-state index >= 15 is 0 Å². The van der Waals surface area contributed by atoms with Crippen molar-refractivity contribution >= 4 is 22.5 Å². The molecule has 4 aromatic rings. The number of para-hydroxylation sites is 1. The van der Waals surface area contributed by atoms with Gasteiger partial charge in [0.25, 0.3) is 0 Å². The Labute approximate surface area is 158 Å². The number of benzene rings is 2. The molecular formula is C22H23N5. The summed E-state index contributed by atoms with van der Waals surface area (Å²) in [6.45, 7) is 0.726. The molecule has 0 saturated heterocycles. The number of aromatic nitrogens is 4. The first-order valence-electron chi connectivity index (χ1n) is 9.82. The van der Waals surface area contributed by atoms with Crippen molar-refractivity contribution in [2.75, 3.05) is 5.32 Å². The standard InChI is InChI=1S/C22H23N5/c1-3-9-16(10-4-1)15-23-22-24-19-14-8-7-13-18(19)21-26-25-20(27(21)22)17-11-5-2-6-12-17/h1,3-4,7-10,13-14,17H,2,5-6,11-12,15H2,(H,23,24). The molecule has 2 aromatic carbocycles. The highest BCUT2D eigenvalue weighted by atomic mass is 15.3. The average molecular weight is 357 g/mol. The van der Waals surface area contributed by atoms with E-state index in [0.717, 1.165) is 34.9 Å². The summed E-state index contributed by atoms with van der Waals surface area (Å²) in [6, 6.07) is 18.6. The smallest absolute Gasteiger partial charge is 0.211 e. The molecule has 0 atom stereocenters. The van der Waals surface area contributed by atoms with Gasteiger partial charge in [-0.3, -0.25) is 0 Å². The molecule has 27 heavy (non-hydrogen) atoms. The van der Waals surface area contributed by atoms with Crippen LogP contribution in [0.5, 0.6) is 0 Å². The molecule has 0 unspecified atom stereocenters. The van der Waals surface area contributed by atoms with Crippen molar-refractivity contribution < 1.29 is 0 Å². The van der Waals surface area contributed by atoms with Gasteiger partial charge in [0.2, 0.25) is 5.95 Å². The Morgan fingerprint density at radius 2 is 1.67 bits per heavy atom. The van der Waals surface area contributed by atoms with Crippen LogP contribution in [0.2, 0.25) is 0 Å². The van der Waals surface area contributed by atoms with Gasteiger partial charge >= 0.3 is 0 Å². The SMILES string of the molecule is c1ccc(CNc2nc3ccccc3c3nnc(C4CCCCC4)n23)cc1. The molecule has 1 aliphatic rings. The van der Waals surface area contributed by atoms with Gasteiger partial charge in [-0.15, -0.1) is 10.2 Å². The highest BCUT2D eigenvalue weighted by Gasteiger charge is 2.23. The molecule has 5 rings (SSSR count). The van der Waals surface area contributed by atoms with Crippen LogP contribution >= 0.6 is 0 Å². The fourth-order valence-electron chi connectivity index (χ4n) is 4.12. The number of anilines is 1. The minimum Gasteiger partial charge on any atom is -0.351 e. The van der Waals surface area contributed by atoms with Crippen LogP contribution in [0.25, 0.3) is 16.6 Å². The molecule has 0 amide bonds. The third-order valence-corrected chi connectivity index (χ3v) is 5.53. The number of nitrogens with zero attached hydrogens (tertiary/aromatic N) is 4. The predicted octanol–water partition coefficient (Wildman–Crippen LogP) is 4.94. The van der Waals surface area contributed by atoms with E-state index in [2.05, 4.69) is 50.2 Å². The Morgan fingerprint density at radius 1 is 0.889 bits per heavy atom. The van der Waals surface area contributed by atoms with Crippen LogP contribution in [0.15, 0.2) is 54.6 Å². The van der Waals surface area contributed by atoms with Crippen LogP contribution in [0.3, 0.4) is 0 Å². The molecule has 136 valence electrons. The number of hydrogen-bond acceptors (Lipinski definition) is 4. The summed E-state index contributed by atoms with van der Waals surface area (Å²) in [5.41, 5.74) is 3.08. The lowest BCUT2D eigenvalue weighted by Crippen LogP contribution is -2.13. The maximum absolute atomic E-state index is 4.92. The van der Waals surface area contributed by atoms with Crippen LogP contribution in [0.1, 0.15) is 49.4 Å². The lowest BCUT2D eigenvalue weighted by Gasteiger charge is -2.21. The van der Waals surface area contributed by atoms with Crippen LogP contribution in [-0.2, 0) is 6.54 Å². The first-order chi connectivity index (χ1) is 13.4. The predicted molar refractivity (Wildman–Crippen MR) is 108 cm³/mol. The van der Waals surface area contributed by atoms with Crippen molar-refractivity contribution in [1.82, 2.24) is 19.6 Å². The second-order valence-corrected chi connectivity index (χ2v) is 7.34. The monoisotopic (exact) mass is 357 g/mol. The average Bonchev–Trinajstić information content (AvgIpc) is 3.19. The van der Waals surface area contributed by atoms with E-state index in [0.29, 0.717) is 5.92 Å². The first kappa shape index (κ1) is 16.2. The van der Waals surface area contributed by atoms with E-state index in [-0.39, 0.29) is 0 Å². The van der Waals surface area contributed by atoms with E-state index in [1.165, 1.54) is 37.7 Å². The topological polar surface area (TPSA) is 55.1 Å². The van der Waals surface area contributed by atoms with Gasteiger partial charge in [0.1, 0.15) is 5.82 Å². The number of nitrogens with one attached hydrogen (secondary N) is 1. The zero-order valence-corrected chi connectivity index (χ0v) is 15.3. The lowest BCUT2D eigenvalue weighted by atomic mass is 9.89. The minimum atomic E-state index is 0.467. The number of rotatable bonds is 4.